The summed E-state index contributed by atoms with van der Waals surface area (Å²) in [4.78, 5) is 4.38. The van der Waals surface area contributed by atoms with E-state index in [1.807, 2.05) is 51.6 Å². The summed E-state index contributed by atoms with van der Waals surface area (Å²) in [5.74, 6) is 1.01. The van der Waals surface area contributed by atoms with Crippen molar-refractivity contribution >= 4 is 5.57 Å². The predicted molar refractivity (Wildman–Crippen MR) is 63.1 cm³/mol. The minimum Gasteiger partial charge on any atom is -0.334 e. The van der Waals surface area contributed by atoms with E-state index in [0.717, 1.165) is 17.1 Å². The number of rotatable bonds is 2. The van der Waals surface area contributed by atoms with E-state index in [2.05, 4.69) is 11.6 Å². The molecule has 0 fully saturated rings. The van der Waals surface area contributed by atoms with Crippen LogP contribution in [0.25, 0.3) is 5.57 Å². The molecule has 0 aliphatic rings. The van der Waals surface area contributed by atoms with E-state index in [0.29, 0.717) is 0 Å². The van der Waals surface area contributed by atoms with Crippen LogP contribution in [0.5, 0.6) is 0 Å². The van der Waals surface area contributed by atoms with Crippen molar-refractivity contribution < 1.29 is 0 Å². The van der Waals surface area contributed by atoms with Gasteiger partial charge < -0.3 is 4.57 Å². The van der Waals surface area contributed by atoms with Crippen molar-refractivity contribution in [3.05, 3.63) is 36.4 Å². The number of imidazole rings is 1. The maximum absolute atomic E-state index is 4.38. The first-order valence-corrected chi connectivity index (χ1v) is 4.95. The van der Waals surface area contributed by atoms with Gasteiger partial charge in [0.05, 0.1) is 5.69 Å². The van der Waals surface area contributed by atoms with Crippen molar-refractivity contribution in [3.8, 4) is 0 Å². The highest BCUT2D eigenvalue weighted by Gasteiger charge is 2.02. The highest BCUT2D eigenvalue weighted by molar-refractivity contribution is 5.59. The molecule has 0 saturated carbocycles. The molecule has 0 unspecified atom stereocenters. The van der Waals surface area contributed by atoms with Crippen molar-refractivity contribution in [1.29, 1.82) is 0 Å². The van der Waals surface area contributed by atoms with Crippen LogP contribution >= 0.6 is 0 Å². The van der Waals surface area contributed by atoms with Crippen LogP contribution in [0.4, 0.5) is 0 Å². The maximum Gasteiger partial charge on any atom is 0.135 e. The first kappa shape index (κ1) is 12.7. The highest BCUT2D eigenvalue weighted by Crippen LogP contribution is 2.11. The van der Waals surface area contributed by atoms with Gasteiger partial charge in [-0.25, -0.2) is 4.98 Å². The molecule has 0 atom stereocenters. The second-order valence-electron chi connectivity index (χ2n) is 2.90. The van der Waals surface area contributed by atoms with Gasteiger partial charge in [-0.1, -0.05) is 32.6 Å². The van der Waals surface area contributed by atoms with Crippen LogP contribution in [0.1, 0.15) is 32.3 Å². The molecule has 0 amide bonds. The zero-order valence-electron chi connectivity index (χ0n) is 9.83. The zero-order valence-corrected chi connectivity index (χ0v) is 9.83. The van der Waals surface area contributed by atoms with Gasteiger partial charge in [-0.2, -0.15) is 0 Å². The number of nitrogens with zero attached hydrogens (tertiary/aromatic N) is 2. The zero-order chi connectivity index (χ0) is 11.1. The number of hydrogen-bond acceptors (Lipinski definition) is 1. The van der Waals surface area contributed by atoms with E-state index >= 15 is 0 Å². The molecule has 78 valence electrons. The van der Waals surface area contributed by atoms with Gasteiger partial charge >= 0.3 is 0 Å². The van der Waals surface area contributed by atoms with Crippen molar-refractivity contribution in [1.82, 2.24) is 9.55 Å². The van der Waals surface area contributed by atoms with E-state index in [9.17, 15) is 0 Å². The quantitative estimate of drug-likeness (QED) is 0.657. The molecule has 0 radical (unpaired) electrons. The van der Waals surface area contributed by atoms with Crippen molar-refractivity contribution in [2.45, 2.75) is 27.7 Å². The molecule has 14 heavy (non-hydrogen) atoms. The molecule has 0 aliphatic carbocycles. The Morgan fingerprint density at radius 1 is 1.50 bits per heavy atom. The first-order valence-electron chi connectivity index (χ1n) is 4.95. The summed E-state index contributed by atoms with van der Waals surface area (Å²) < 4.78 is 2.02. The van der Waals surface area contributed by atoms with Crippen molar-refractivity contribution in [3.63, 3.8) is 0 Å². The van der Waals surface area contributed by atoms with E-state index in [1.54, 1.807) is 6.08 Å². The summed E-state index contributed by atoms with van der Waals surface area (Å²) in [5, 5.41) is 0. The third-order valence-electron chi connectivity index (χ3n) is 1.72. The Morgan fingerprint density at radius 2 is 2.07 bits per heavy atom. The Bertz CT molecular complexity index is 319. The molecule has 2 nitrogen and oxygen atoms in total. The first-order chi connectivity index (χ1) is 6.65. The Hall–Kier alpha value is -1.31. The van der Waals surface area contributed by atoms with Gasteiger partial charge in [-0.3, -0.25) is 0 Å². The molecule has 1 rings (SSSR count). The van der Waals surface area contributed by atoms with Crippen LogP contribution in [-0.4, -0.2) is 9.55 Å². The maximum atomic E-state index is 4.38. The third kappa shape index (κ3) is 3.21. The largest absolute Gasteiger partial charge is 0.334 e. The number of hydrogen-bond donors (Lipinski definition) is 0. The molecular formula is C12H20N2. The molecular weight excluding hydrogens is 172 g/mol. The molecule has 2 heteroatoms. The van der Waals surface area contributed by atoms with E-state index in [1.165, 1.54) is 0 Å². The van der Waals surface area contributed by atoms with Crippen LogP contribution in [0.3, 0.4) is 0 Å². The summed E-state index contributed by atoms with van der Waals surface area (Å²) in [6.07, 6.45) is 5.75. The lowest BCUT2D eigenvalue weighted by Crippen LogP contribution is -1.93. The van der Waals surface area contributed by atoms with E-state index in [-0.39, 0.29) is 0 Å². The average Bonchev–Trinajstić information content (AvgIpc) is 2.49. The lowest BCUT2D eigenvalue weighted by atomic mass is 10.2. The van der Waals surface area contributed by atoms with Gasteiger partial charge in [-0.15, -0.1) is 0 Å². The van der Waals surface area contributed by atoms with Gasteiger partial charge in [0.15, 0.2) is 0 Å². The van der Waals surface area contributed by atoms with Crippen molar-refractivity contribution in [2.75, 3.05) is 0 Å². The second kappa shape index (κ2) is 6.19. The molecule has 0 spiro atoms. The van der Waals surface area contributed by atoms with Gasteiger partial charge in [0, 0.05) is 13.2 Å². The van der Waals surface area contributed by atoms with Crippen LogP contribution in [0, 0.1) is 6.92 Å². The summed E-state index contributed by atoms with van der Waals surface area (Å²) in [6, 6.07) is 0. The second-order valence-corrected chi connectivity index (χ2v) is 2.90. The molecule has 0 saturated heterocycles. The van der Waals surface area contributed by atoms with Crippen LogP contribution in [0.2, 0.25) is 0 Å². The lowest BCUT2D eigenvalue weighted by molar-refractivity contribution is 0.889. The predicted octanol–water partition coefficient (Wildman–Crippen LogP) is 3.34. The van der Waals surface area contributed by atoms with Crippen LogP contribution in [0.15, 0.2) is 24.9 Å². The molecule has 0 bridgehead atoms. The van der Waals surface area contributed by atoms with Gasteiger partial charge in [0.25, 0.3) is 0 Å². The molecule has 1 aromatic rings. The fraction of sp³-hybridized carbons (Fsp3) is 0.417. The minimum absolute atomic E-state index is 1.01. The fourth-order valence-corrected chi connectivity index (χ4v) is 1.23. The summed E-state index contributed by atoms with van der Waals surface area (Å²) >= 11 is 0. The number of aryl methyl sites for hydroxylation is 2. The summed E-state index contributed by atoms with van der Waals surface area (Å²) in [5.41, 5.74) is 2.19. The lowest BCUT2D eigenvalue weighted by Gasteiger charge is -1.98. The van der Waals surface area contributed by atoms with E-state index < -0.39 is 0 Å². The number of aromatic nitrogens is 2. The van der Waals surface area contributed by atoms with Gasteiger partial charge in [0.1, 0.15) is 5.82 Å². The molecule has 0 aromatic carbocycles. The highest BCUT2D eigenvalue weighted by atomic mass is 15.0. The van der Waals surface area contributed by atoms with E-state index in [4.69, 9.17) is 0 Å². The topological polar surface area (TPSA) is 17.8 Å². The SMILES string of the molecule is C=C/C=C(/C)c1nc(C)cn1C.CC. The molecule has 0 N–H and O–H groups in total. The summed E-state index contributed by atoms with van der Waals surface area (Å²) in [6.45, 7) is 11.7. The monoisotopic (exact) mass is 192 g/mol. The summed E-state index contributed by atoms with van der Waals surface area (Å²) in [7, 11) is 2.00. The van der Waals surface area contributed by atoms with Gasteiger partial charge in [-0.05, 0) is 19.4 Å². The standard InChI is InChI=1S/C10H14N2.C2H6/c1-5-6-8(2)10-11-9(3)7-12(10)4;1-2/h5-7H,1H2,2-4H3;1-2H3/b8-6-;. The fourth-order valence-electron chi connectivity index (χ4n) is 1.23. The van der Waals surface area contributed by atoms with Gasteiger partial charge in [0.2, 0.25) is 0 Å². The third-order valence-corrected chi connectivity index (χ3v) is 1.72. The Kier molecular flexibility index (Phi) is 5.61. The van der Waals surface area contributed by atoms with Crippen LogP contribution in [-0.2, 0) is 7.05 Å². The molecule has 0 aliphatic heterocycles. The normalized spacial score (nSPS) is 10.5. The average molecular weight is 192 g/mol. The Balaban J connectivity index is 0.000000791. The Morgan fingerprint density at radius 3 is 2.43 bits per heavy atom. The minimum atomic E-state index is 1.01. The van der Waals surface area contributed by atoms with Crippen molar-refractivity contribution in [2.24, 2.45) is 7.05 Å². The molecule has 1 aromatic heterocycles. The Labute approximate surface area is 87.0 Å². The smallest absolute Gasteiger partial charge is 0.135 e. The van der Waals surface area contributed by atoms with Crippen LogP contribution < -0.4 is 0 Å². The number of allylic oxidation sites excluding steroid dienone is 3. The molecule has 1 heterocycles.